The number of carbonyl (C=O) groups is 2. The average molecular weight is 251 g/mol. The second kappa shape index (κ2) is 5.26. The highest BCUT2D eigenvalue weighted by Gasteiger charge is 2.30. The first-order valence-corrected chi connectivity index (χ1v) is 6.26. The standard InChI is InChI=1S/C8H12O7S/c9-7-3-2-6(15-7)8(10)14-4-1-5-16(11,12)13/h6H,1-5H2,(H,11,12,13)/p-1. The van der Waals surface area contributed by atoms with Crippen molar-refractivity contribution in [2.45, 2.75) is 25.4 Å². The SMILES string of the molecule is O=C1CCC(C(=O)OCCCS(=O)(=O)[O-])O1. The molecule has 1 atom stereocenters. The summed E-state index contributed by atoms with van der Waals surface area (Å²) in [5.74, 6) is -1.73. The summed E-state index contributed by atoms with van der Waals surface area (Å²) in [5, 5.41) is 0. The minimum Gasteiger partial charge on any atom is -0.748 e. The van der Waals surface area contributed by atoms with Crippen LogP contribution in [0.2, 0.25) is 0 Å². The van der Waals surface area contributed by atoms with Crippen molar-refractivity contribution < 1.29 is 32.0 Å². The molecule has 7 nitrogen and oxygen atoms in total. The van der Waals surface area contributed by atoms with Crippen LogP contribution in [0.5, 0.6) is 0 Å². The Hall–Kier alpha value is -1.15. The largest absolute Gasteiger partial charge is 0.748 e. The lowest BCUT2D eigenvalue weighted by Gasteiger charge is -2.10. The normalized spacial score (nSPS) is 20.6. The number of ether oxygens (including phenoxy) is 2. The minimum absolute atomic E-state index is 0.0573. The van der Waals surface area contributed by atoms with E-state index in [2.05, 4.69) is 9.47 Å². The Morgan fingerprint density at radius 3 is 2.75 bits per heavy atom. The molecule has 0 spiro atoms. The quantitative estimate of drug-likeness (QED) is 0.356. The Labute approximate surface area is 92.5 Å². The molecule has 92 valence electrons. The topological polar surface area (TPSA) is 110 Å². The van der Waals surface area contributed by atoms with Gasteiger partial charge < -0.3 is 14.0 Å². The van der Waals surface area contributed by atoms with Crippen LogP contribution in [-0.2, 0) is 29.2 Å². The Morgan fingerprint density at radius 1 is 1.56 bits per heavy atom. The summed E-state index contributed by atoms with van der Waals surface area (Å²) in [7, 11) is -4.28. The van der Waals surface area contributed by atoms with Crippen molar-refractivity contribution in [1.82, 2.24) is 0 Å². The highest BCUT2D eigenvalue weighted by atomic mass is 32.2. The van der Waals surface area contributed by atoms with Crippen molar-refractivity contribution in [1.29, 1.82) is 0 Å². The van der Waals surface area contributed by atoms with Gasteiger partial charge in [0.1, 0.15) is 0 Å². The maximum Gasteiger partial charge on any atom is 0.347 e. The van der Waals surface area contributed by atoms with Gasteiger partial charge in [0.05, 0.1) is 16.7 Å². The molecule has 16 heavy (non-hydrogen) atoms. The van der Waals surface area contributed by atoms with Crippen LogP contribution >= 0.6 is 0 Å². The number of hydrogen-bond donors (Lipinski definition) is 0. The fraction of sp³-hybridized carbons (Fsp3) is 0.750. The molecular formula is C8H11O7S-. The predicted molar refractivity (Wildman–Crippen MR) is 49.3 cm³/mol. The maximum absolute atomic E-state index is 11.2. The first-order chi connectivity index (χ1) is 7.38. The van der Waals surface area contributed by atoms with Crippen molar-refractivity contribution in [3.05, 3.63) is 0 Å². The van der Waals surface area contributed by atoms with E-state index in [9.17, 15) is 22.6 Å². The van der Waals surface area contributed by atoms with Gasteiger partial charge in [-0.2, -0.15) is 0 Å². The number of cyclic esters (lactones) is 1. The Kier molecular flexibility index (Phi) is 4.25. The molecule has 0 aromatic carbocycles. The zero-order chi connectivity index (χ0) is 12.2. The summed E-state index contributed by atoms with van der Waals surface area (Å²) in [6.45, 7) is -0.172. The highest BCUT2D eigenvalue weighted by Crippen LogP contribution is 2.14. The van der Waals surface area contributed by atoms with Gasteiger partial charge in [0, 0.05) is 18.6 Å². The van der Waals surface area contributed by atoms with Gasteiger partial charge in [0.15, 0.2) is 6.10 Å². The van der Waals surface area contributed by atoms with Gasteiger partial charge in [-0.25, -0.2) is 13.2 Å². The molecule has 1 heterocycles. The van der Waals surface area contributed by atoms with Crippen LogP contribution < -0.4 is 0 Å². The molecule has 0 aliphatic carbocycles. The fourth-order valence-corrected chi connectivity index (χ4v) is 1.66. The molecule has 0 bridgehead atoms. The van der Waals surface area contributed by atoms with Gasteiger partial charge in [-0.05, 0) is 6.42 Å². The lowest BCUT2D eigenvalue weighted by Crippen LogP contribution is -2.23. The molecule has 0 aromatic heterocycles. The third-order valence-corrected chi connectivity index (χ3v) is 2.72. The molecular weight excluding hydrogens is 240 g/mol. The van der Waals surface area contributed by atoms with Crippen LogP contribution in [0, 0.1) is 0 Å². The van der Waals surface area contributed by atoms with Gasteiger partial charge in [-0.15, -0.1) is 0 Å². The van der Waals surface area contributed by atoms with E-state index in [4.69, 9.17) is 0 Å². The molecule has 1 unspecified atom stereocenters. The van der Waals surface area contributed by atoms with E-state index < -0.39 is 33.9 Å². The average Bonchev–Trinajstić information content (AvgIpc) is 2.57. The second-order valence-corrected chi connectivity index (χ2v) is 4.82. The number of rotatable bonds is 5. The van der Waals surface area contributed by atoms with Crippen LogP contribution in [0.3, 0.4) is 0 Å². The molecule has 0 aromatic rings. The van der Waals surface area contributed by atoms with Crippen LogP contribution in [0.25, 0.3) is 0 Å². The molecule has 1 saturated heterocycles. The lowest BCUT2D eigenvalue weighted by molar-refractivity contribution is -0.161. The van der Waals surface area contributed by atoms with Crippen molar-refractivity contribution in [2.75, 3.05) is 12.4 Å². The number of esters is 2. The Morgan fingerprint density at radius 2 is 2.25 bits per heavy atom. The van der Waals surface area contributed by atoms with Gasteiger partial charge >= 0.3 is 11.9 Å². The molecule has 8 heteroatoms. The number of carbonyl (C=O) groups excluding carboxylic acids is 2. The minimum atomic E-state index is -4.28. The van der Waals surface area contributed by atoms with E-state index in [1.165, 1.54) is 0 Å². The second-order valence-electron chi connectivity index (χ2n) is 3.30. The number of hydrogen-bond acceptors (Lipinski definition) is 7. The van der Waals surface area contributed by atoms with Crippen molar-refractivity contribution in [2.24, 2.45) is 0 Å². The molecule has 1 aliphatic heterocycles. The molecule has 0 N–H and O–H groups in total. The predicted octanol–water partition coefficient (Wildman–Crippen LogP) is -0.829. The van der Waals surface area contributed by atoms with Crippen molar-refractivity contribution >= 4 is 22.1 Å². The molecule has 0 saturated carbocycles. The monoisotopic (exact) mass is 251 g/mol. The summed E-state index contributed by atoms with van der Waals surface area (Å²) in [6.07, 6.45) is -0.499. The molecule has 1 rings (SSSR count). The molecule has 0 radical (unpaired) electrons. The van der Waals surface area contributed by atoms with Crippen LogP contribution in [0.1, 0.15) is 19.3 Å². The van der Waals surface area contributed by atoms with E-state index in [-0.39, 0.29) is 25.9 Å². The third-order valence-electron chi connectivity index (χ3n) is 1.93. The lowest BCUT2D eigenvalue weighted by atomic mass is 10.2. The van der Waals surface area contributed by atoms with Gasteiger partial charge in [-0.1, -0.05) is 0 Å². The van der Waals surface area contributed by atoms with Gasteiger partial charge in [-0.3, -0.25) is 4.79 Å². The first-order valence-electron chi connectivity index (χ1n) is 4.68. The van der Waals surface area contributed by atoms with Crippen LogP contribution in [0.4, 0.5) is 0 Å². The van der Waals surface area contributed by atoms with Gasteiger partial charge in [0.2, 0.25) is 0 Å². The van der Waals surface area contributed by atoms with E-state index in [0.717, 1.165) is 0 Å². The Bertz CT molecular complexity index is 372. The zero-order valence-electron chi connectivity index (χ0n) is 8.38. The summed E-state index contributed by atoms with van der Waals surface area (Å²) in [6, 6.07) is 0. The molecule has 1 fully saturated rings. The zero-order valence-corrected chi connectivity index (χ0v) is 9.20. The van der Waals surface area contributed by atoms with E-state index in [0.29, 0.717) is 0 Å². The van der Waals surface area contributed by atoms with Crippen LogP contribution in [-0.4, -0.2) is 43.4 Å². The smallest absolute Gasteiger partial charge is 0.347 e. The maximum atomic E-state index is 11.2. The van der Waals surface area contributed by atoms with Gasteiger partial charge in [0.25, 0.3) is 0 Å². The highest BCUT2D eigenvalue weighted by molar-refractivity contribution is 7.85. The van der Waals surface area contributed by atoms with E-state index >= 15 is 0 Å². The Balaban J connectivity index is 2.18. The molecule has 0 amide bonds. The van der Waals surface area contributed by atoms with Crippen molar-refractivity contribution in [3.63, 3.8) is 0 Å². The van der Waals surface area contributed by atoms with E-state index in [1.54, 1.807) is 0 Å². The summed E-state index contributed by atoms with van der Waals surface area (Å²) in [5.41, 5.74) is 0. The third kappa shape index (κ3) is 4.58. The summed E-state index contributed by atoms with van der Waals surface area (Å²) in [4.78, 5) is 21.9. The summed E-state index contributed by atoms with van der Waals surface area (Å²) >= 11 is 0. The fourth-order valence-electron chi connectivity index (χ4n) is 1.19. The first kappa shape index (κ1) is 12.9. The van der Waals surface area contributed by atoms with E-state index in [1.807, 2.05) is 0 Å². The van der Waals surface area contributed by atoms with Crippen molar-refractivity contribution in [3.8, 4) is 0 Å². The molecule has 1 aliphatic rings. The van der Waals surface area contributed by atoms with Crippen LogP contribution in [0.15, 0.2) is 0 Å². The summed E-state index contributed by atoms with van der Waals surface area (Å²) < 4.78 is 39.9.